The summed E-state index contributed by atoms with van der Waals surface area (Å²) in [6, 6.07) is 10.3. The minimum atomic E-state index is -0.716. The van der Waals surface area contributed by atoms with Gasteiger partial charge in [0.25, 0.3) is 5.91 Å². The van der Waals surface area contributed by atoms with Gasteiger partial charge in [0, 0.05) is 17.6 Å². The van der Waals surface area contributed by atoms with E-state index in [4.69, 9.17) is 16.3 Å². The molecular formula is C23H28ClFN2O3. The Hall–Kier alpha value is -2.60. The van der Waals surface area contributed by atoms with Crippen LogP contribution in [0.2, 0.25) is 5.02 Å². The van der Waals surface area contributed by atoms with Gasteiger partial charge >= 0.3 is 0 Å². The topological polar surface area (TPSA) is 58.6 Å². The van der Waals surface area contributed by atoms with E-state index in [-0.39, 0.29) is 36.8 Å². The Labute approximate surface area is 182 Å². The fourth-order valence-corrected chi connectivity index (χ4v) is 2.89. The van der Waals surface area contributed by atoms with Crippen LogP contribution in [0.4, 0.5) is 4.39 Å². The Kier molecular flexibility index (Phi) is 8.66. The van der Waals surface area contributed by atoms with Crippen LogP contribution in [-0.2, 0) is 16.1 Å². The van der Waals surface area contributed by atoms with E-state index in [1.54, 1.807) is 37.3 Å². The van der Waals surface area contributed by atoms with Crippen LogP contribution in [-0.4, -0.2) is 35.4 Å². The van der Waals surface area contributed by atoms with Gasteiger partial charge in [-0.05, 0) is 68.7 Å². The predicted molar refractivity (Wildman–Crippen MR) is 116 cm³/mol. The maximum atomic E-state index is 13.2. The molecule has 2 aromatic carbocycles. The normalized spacial score (nSPS) is 12.7. The SMILES string of the molecule is CCC(C)NC(=O)C(C)N(Cc1ccc(F)cc1)C(=O)COc1ccc(Cl)c(C)c1. The standard InChI is InChI=1S/C23H28ClFN2O3/c1-5-16(3)26-23(29)17(4)27(13-18-6-8-19(25)9-7-18)22(28)14-30-20-10-11-21(24)15(2)12-20/h6-12,16-17H,5,13-14H2,1-4H3,(H,26,29). The highest BCUT2D eigenvalue weighted by Crippen LogP contribution is 2.21. The van der Waals surface area contributed by atoms with Crippen LogP contribution in [0, 0.1) is 12.7 Å². The molecule has 0 fully saturated rings. The molecule has 0 saturated heterocycles. The first-order chi connectivity index (χ1) is 14.2. The van der Waals surface area contributed by atoms with Gasteiger partial charge in [0.05, 0.1) is 0 Å². The Balaban J connectivity index is 2.15. The molecule has 7 heteroatoms. The highest BCUT2D eigenvalue weighted by Gasteiger charge is 2.27. The summed E-state index contributed by atoms with van der Waals surface area (Å²) in [6.07, 6.45) is 0.781. The number of rotatable bonds is 9. The van der Waals surface area contributed by atoms with E-state index in [9.17, 15) is 14.0 Å². The highest BCUT2D eigenvalue weighted by molar-refractivity contribution is 6.31. The molecule has 0 aromatic heterocycles. The quantitative estimate of drug-likeness (QED) is 0.632. The van der Waals surface area contributed by atoms with Gasteiger partial charge < -0.3 is 15.0 Å². The number of hydrogen-bond donors (Lipinski definition) is 1. The van der Waals surface area contributed by atoms with E-state index in [0.29, 0.717) is 10.8 Å². The van der Waals surface area contributed by atoms with Crippen molar-refractivity contribution in [1.82, 2.24) is 10.2 Å². The molecule has 0 aliphatic heterocycles. The molecule has 162 valence electrons. The molecule has 0 saturated carbocycles. The van der Waals surface area contributed by atoms with Crippen molar-refractivity contribution in [1.29, 1.82) is 0 Å². The molecule has 0 bridgehead atoms. The third-order valence-corrected chi connectivity index (χ3v) is 5.35. The van der Waals surface area contributed by atoms with Crippen LogP contribution >= 0.6 is 11.6 Å². The van der Waals surface area contributed by atoms with E-state index in [2.05, 4.69) is 5.32 Å². The van der Waals surface area contributed by atoms with E-state index >= 15 is 0 Å². The molecule has 0 radical (unpaired) electrons. The zero-order valence-electron chi connectivity index (χ0n) is 17.7. The second kappa shape index (κ2) is 11.0. The number of amides is 2. The lowest BCUT2D eigenvalue weighted by molar-refractivity contribution is -0.142. The maximum Gasteiger partial charge on any atom is 0.261 e. The van der Waals surface area contributed by atoms with Crippen molar-refractivity contribution in [3.63, 3.8) is 0 Å². The first-order valence-corrected chi connectivity index (χ1v) is 10.3. The summed E-state index contributed by atoms with van der Waals surface area (Å²) in [7, 11) is 0. The van der Waals surface area contributed by atoms with Crippen LogP contribution in [0.15, 0.2) is 42.5 Å². The lowest BCUT2D eigenvalue weighted by Gasteiger charge is -2.29. The molecule has 2 amide bonds. The Morgan fingerprint density at radius 3 is 2.43 bits per heavy atom. The van der Waals surface area contributed by atoms with Gasteiger partial charge in [-0.3, -0.25) is 9.59 Å². The summed E-state index contributed by atoms with van der Waals surface area (Å²) in [4.78, 5) is 27.0. The van der Waals surface area contributed by atoms with Gasteiger partial charge in [0.2, 0.25) is 5.91 Å². The molecule has 30 heavy (non-hydrogen) atoms. The van der Waals surface area contributed by atoms with Crippen LogP contribution in [0.25, 0.3) is 0 Å². The minimum Gasteiger partial charge on any atom is -0.484 e. The Bertz CT molecular complexity index is 873. The minimum absolute atomic E-state index is 0.00369. The second-order valence-electron chi connectivity index (χ2n) is 7.34. The summed E-state index contributed by atoms with van der Waals surface area (Å²) >= 11 is 6.02. The van der Waals surface area contributed by atoms with Gasteiger partial charge in [-0.2, -0.15) is 0 Å². The predicted octanol–water partition coefficient (Wildman–Crippen LogP) is 4.50. The van der Waals surface area contributed by atoms with Crippen LogP contribution in [0.5, 0.6) is 5.75 Å². The number of hydrogen-bond acceptors (Lipinski definition) is 3. The smallest absolute Gasteiger partial charge is 0.261 e. The molecule has 2 atom stereocenters. The lowest BCUT2D eigenvalue weighted by atomic mass is 10.1. The number of carbonyl (C=O) groups is 2. The summed E-state index contributed by atoms with van der Waals surface area (Å²) in [6.45, 7) is 7.33. The average molecular weight is 435 g/mol. The number of carbonyl (C=O) groups excluding carboxylic acids is 2. The number of ether oxygens (including phenoxy) is 1. The van der Waals surface area contributed by atoms with E-state index in [0.717, 1.165) is 17.5 Å². The number of nitrogens with zero attached hydrogens (tertiary/aromatic N) is 1. The number of aryl methyl sites for hydroxylation is 1. The molecule has 5 nitrogen and oxygen atoms in total. The third kappa shape index (κ3) is 6.73. The summed E-state index contributed by atoms with van der Waals surface area (Å²) in [5.41, 5.74) is 1.56. The molecule has 0 heterocycles. The van der Waals surface area contributed by atoms with Crippen molar-refractivity contribution in [3.05, 3.63) is 64.4 Å². The monoisotopic (exact) mass is 434 g/mol. The van der Waals surface area contributed by atoms with E-state index < -0.39 is 6.04 Å². The van der Waals surface area contributed by atoms with Gasteiger partial charge in [-0.1, -0.05) is 30.7 Å². The lowest BCUT2D eigenvalue weighted by Crippen LogP contribution is -2.50. The maximum absolute atomic E-state index is 13.2. The third-order valence-electron chi connectivity index (χ3n) is 4.93. The molecule has 0 aliphatic rings. The van der Waals surface area contributed by atoms with Gasteiger partial charge in [-0.25, -0.2) is 4.39 Å². The first-order valence-electron chi connectivity index (χ1n) is 9.94. The molecular weight excluding hydrogens is 407 g/mol. The number of nitrogens with one attached hydrogen (secondary N) is 1. The molecule has 2 unspecified atom stereocenters. The van der Waals surface area contributed by atoms with Crippen molar-refractivity contribution < 1.29 is 18.7 Å². The van der Waals surface area contributed by atoms with Gasteiger partial charge in [0.15, 0.2) is 6.61 Å². The largest absolute Gasteiger partial charge is 0.484 e. The molecule has 2 rings (SSSR count). The van der Waals surface area contributed by atoms with Crippen molar-refractivity contribution in [2.45, 2.75) is 52.7 Å². The first kappa shape index (κ1) is 23.7. The van der Waals surface area contributed by atoms with Crippen molar-refractivity contribution in [2.75, 3.05) is 6.61 Å². The van der Waals surface area contributed by atoms with Crippen LogP contribution < -0.4 is 10.1 Å². The van der Waals surface area contributed by atoms with E-state index in [1.165, 1.54) is 17.0 Å². The molecule has 1 N–H and O–H groups in total. The molecule has 2 aromatic rings. The Morgan fingerprint density at radius 1 is 1.17 bits per heavy atom. The Morgan fingerprint density at radius 2 is 1.83 bits per heavy atom. The van der Waals surface area contributed by atoms with Crippen LogP contribution in [0.3, 0.4) is 0 Å². The summed E-state index contributed by atoms with van der Waals surface area (Å²) < 4.78 is 18.9. The molecule has 0 spiro atoms. The fourth-order valence-electron chi connectivity index (χ4n) is 2.77. The summed E-state index contributed by atoms with van der Waals surface area (Å²) in [5, 5.41) is 3.51. The zero-order valence-corrected chi connectivity index (χ0v) is 18.5. The van der Waals surface area contributed by atoms with Crippen molar-refractivity contribution in [3.8, 4) is 5.75 Å². The van der Waals surface area contributed by atoms with Crippen molar-refractivity contribution in [2.24, 2.45) is 0 Å². The number of benzene rings is 2. The summed E-state index contributed by atoms with van der Waals surface area (Å²) in [5.74, 6) is -0.440. The molecule has 0 aliphatic carbocycles. The number of halogens is 2. The van der Waals surface area contributed by atoms with Crippen molar-refractivity contribution >= 4 is 23.4 Å². The average Bonchev–Trinajstić information content (AvgIpc) is 2.73. The second-order valence-corrected chi connectivity index (χ2v) is 7.75. The zero-order chi connectivity index (χ0) is 22.3. The van der Waals surface area contributed by atoms with Gasteiger partial charge in [-0.15, -0.1) is 0 Å². The van der Waals surface area contributed by atoms with Gasteiger partial charge in [0.1, 0.15) is 17.6 Å². The van der Waals surface area contributed by atoms with Crippen LogP contribution in [0.1, 0.15) is 38.3 Å². The van der Waals surface area contributed by atoms with E-state index in [1.807, 2.05) is 20.8 Å². The fraction of sp³-hybridized carbons (Fsp3) is 0.391. The highest BCUT2D eigenvalue weighted by atomic mass is 35.5.